The summed E-state index contributed by atoms with van der Waals surface area (Å²) in [5.41, 5.74) is 2.31. The van der Waals surface area contributed by atoms with Gasteiger partial charge in [0, 0.05) is 30.9 Å². The van der Waals surface area contributed by atoms with Crippen LogP contribution in [0.5, 0.6) is 0 Å². The molecule has 112 valence electrons. The fourth-order valence-corrected chi connectivity index (χ4v) is 2.46. The molecule has 0 amide bonds. The monoisotopic (exact) mass is 303 g/mol. The van der Waals surface area contributed by atoms with Gasteiger partial charge in [0.25, 0.3) is 0 Å². The van der Waals surface area contributed by atoms with Crippen LogP contribution in [0.4, 0.5) is 5.82 Å². The van der Waals surface area contributed by atoms with Crippen LogP contribution in [0.3, 0.4) is 0 Å². The molecule has 3 nitrogen and oxygen atoms in total. The van der Waals surface area contributed by atoms with Gasteiger partial charge in [0.15, 0.2) is 0 Å². The molecular formula is C17H22ClN3. The third-order valence-corrected chi connectivity index (χ3v) is 3.91. The largest absolute Gasteiger partial charge is 0.355 e. The lowest BCUT2D eigenvalue weighted by Crippen LogP contribution is -2.20. The Bertz CT molecular complexity index is 569. The fraction of sp³-hybridized carbons (Fsp3) is 0.353. The molecule has 0 bridgehead atoms. The number of hydrogen-bond acceptors (Lipinski definition) is 3. The third kappa shape index (κ3) is 4.19. The maximum atomic E-state index is 6.20. The van der Waals surface area contributed by atoms with Crippen molar-refractivity contribution in [3.8, 4) is 0 Å². The van der Waals surface area contributed by atoms with Crippen molar-refractivity contribution < 1.29 is 0 Å². The highest BCUT2D eigenvalue weighted by Gasteiger charge is 2.08. The smallest absolute Gasteiger partial charge is 0.128 e. The van der Waals surface area contributed by atoms with Crippen molar-refractivity contribution in [2.45, 2.75) is 26.4 Å². The highest BCUT2D eigenvalue weighted by atomic mass is 35.5. The number of hydrogen-bond donors (Lipinski definition) is 1. The summed E-state index contributed by atoms with van der Waals surface area (Å²) in [6, 6.07) is 12.4. The molecular weight excluding hydrogens is 282 g/mol. The van der Waals surface area contributed by atoms with Crippen molar-refractivity contribution in [2.75, 3.05) is 18.5 Å². The van der Waals surface area contributed by atoms with Crippen molar-refractivity contribution in [1.82, 2.24) is 10.3 Å². The first kappa shape index (κ1) is 15.8. The first-order valence-corrected chi connectivity index (χ1v) is 7.63. The van der Waals surface area contributed by atoms with E-state index < -0.39 is 0 Å². The normalized spacial score (nSPS) is 12.2. The predicted molar refractivity (Wildman–Crippen MR) is 89.9 cm³/mol. The molecule has 0 aliphatic carbocycles. The summed E-state index contributed by atoms with van der Waals surface area (Å²) in [4.78, 5) is 6.65. The van der Waals surface area contributed by atoms with E-state index >= 15 is 0 Å². The number of pyridine rings is 1. The maximum absolute atomic E-state index is 6.20. The SMILES string of the molecule is CCNC(C)c1ccc(N(C)Cc2ccccc2Cl)nc1. The third-order valence-electron chi connectivity index (χ3n) is 3.54. The van der Waals surface area contributed by atoms with Crippen LogP contribution in [-0.4, -0.2) is 18.6 Å². The Morgan fingerprint density at radius 1 is 1.24 bits per heavy atom. The molecule has 2 aromatic rings. The van der Waals surface area contributed by atoms with E-state index in [-0.39, 0.29) is 0 Å². The molecule has 0 radical (unpaired) electrons. The van der Waals surface area contributed by atoms with Crippen LogP contribution in [0.25, 0.3) is 0 Å². The van der Waals surface area contributed by atoms with Crippen molar-refractivity contribution in [2.24, 2.45) is 0 Å². The van der Waals surface area contributed by atoms with E-state index in [1.54, 1.807) is 0 Å². The Morgan fingerprint density at radius 3 is 2.62 bits per heavy atom. The zero-order valence-corrected chi connectivity index (χ0v) is 13.6. The van der Waals surface area contributed by atoms with Crippen LogP contribution >= 0.6 is 11.6 Å². The van der Waals surface area contributed by atoms with Crippen LogP contribution in [-0.2, 0) is 6.54 Å². The first-order chi connectivity index (χ1) is 10.1. The van der Waals surface area contributed by atoms with Crippen molar-refractivity contribution >= 4 is 17.4 Å². The van der Waals surface area contributed by atoms with E-state index in [2.05, 4.69) is 41.2 Å². The van der Waals surface area contributed by atoms with E-state index in [0.29, 0.717) is 6.04 Å². The maximum Gasteiger partial charge on any atom is 0.128 e. The van der Waals surface area contributed by atoms with Gasteiger partial charge in [-0.15, -0.1) is 0 Å². The number of anilines is 1. The molecule has 0 saturated carbocycles. The molecule has 0 aliphatic rings. The Labute approximate surface area is 132 Å². The van der Waals surface area contributed by atoms with Gasteiger partial charge in [-0.2, -0.15) is 0 Å². The van der Waals surface area contributed by atoms with Gasteiger partial charge in [0.05, 0.1) is 0 Å². The average molecular weight is 304 g/mol. The van der Waals surface area contributed by atoms with Crippen LogP contribution < -0.4 is 10.2 Å². The van der Waals surface area contributed by atoms with Gasteiger partial charge in [-0.3, -0.25) is 0 Å². The van der Waals surface area contributed by atoms with Gasteiger partial charge < -0.3 is 10.2 Å². The molecule has 1 atom stereocenters. The summed E-state index contributed by atoms with van der Waals surface area (Å²) in [5, 5.41) is 4.18. The fourth-order valence-electron chi connectivity index (χ4n) is 2.27. The molecule has 1 aromatic carbocycles. The van der Waals surface area contributed by atoms with Crippen LogP contribution in [0.1, 0.15) is 31.0 Å². The zero-order valence-electron chi connectivity index (χ0n) is 12.8. The molecule has 1 unspecified atom stereocenters. The molecule has 4 heteroatoms. The molecule has 1 heterocycles. The van der Waals surface area contributed by atoms with Crippen LogP contribution in [0.15, 0.2) is 42.6 Å². The Hall–Kier alpha value is -1.58. The van der Waals surface area contributed by atoms with E-state index in [0.717, 1.165) is 29.5 Å². The van der Waals surface area contributed by atoms with Gasteiger partial charge in [-0.05, 0) is 36.7 Å². The number of nitrogens with one attached hydrogen (secondary N) is 1. The number of benzene rings is 1. The quantitative estimate of drug-likeness (QED) is 0.873. The van der Waals surface area contributed by atoms with Crippen LogP contribution in [0, 0.1) is 0 Å². The summed E-state index contributed by atoms with van der Waals surface area (Å²) in [7, 11) is 2.03. The molecule has 0 saturated heterocycles. The topological polar surface area (TPSA) is 28.2 Å². The minimum atomic E-state index is 0.324. The Morgan fingerprint density at radius 2 is 2.00 bits per heavy atom. The lowest BCUT2D eigenvalue weighted by molar-refractivity contribution is 0.596. The van der Waals surface area contributed by atoms with Gasteiger partial charge >= 0.3 is 0 Å². The van der Waals surface area contributed by atoms with Gasteiger partial charge in [0.1, 0.15) is 5.82 Å². The number of aromatic nitrogens is 1. The summed E-state index contributed by atoms with van der Waals surface area (Å²) in [5.74, 6) is 0.947. The van der Waals surface area contributed by atoms with E-state index in [1.165, 1.54) is 5.56 Å². The van der Waals surface area contributed by atoms with Crippen molar-refractivity contribution in [3.63, 3.8) is 0 Å². The zero-order chi connectivity index (χ0) is 15.2. The predicted octanol–water partition coefficient (Wildman–Crippen LogP) is 4.04. The summed E-state index contributed by atoms with van der Waals surface area (Å²) >= 11 is 6.20. The van der Waals surface area contributed by atoms with Crippen molar-refractivity contribution in [3.05, 3.63) is 58.7 Å². The van der Waals surface area contributed by atoms with E-state index in [9.17, 15) is 0 Å². The second kappa shape index (κ2) is 7.43. The highest BCUT2D eigenvalue weighted by molar-refractivity contribution is 6.31. The van der Waals surface area contributed by atoms with Crippen molar-refractivity contribution in [1.29, 1.82) is 0 Å². The van der Waals surface area contributed by atoms with Gasteiger partial charge in [-0.1, -0.05) is 42.8 Å². The van der Waals surface area contributed by atoms with Gasteiger partial charge in [-0.25, -0.2) is 4.98 Å². The molecule has 0 spiro atoms. The molecule has 1 aromatic heterocycles. The Balaban J connectivity index is 2.06. The summed E-state index contributed by atoms with van der Waals surface area (Å²) in [6.45, 7) is 5.95. The molecule has 0 aliphatic heterocycles. The first-order valence-electron chi connectivity index (χ1n) is 7.25. The highest BCUT2D eigenvalue weighted by Crippen LogP contribution is 2.20. The van der Waals surface area contributed by atoms with Gasteiger partial charge in [0.2, 0.25) is 0 Å². The number of nitrogens with zero attached hydrogens (tertiary/aromatic N) is 2. The summed E-state index contributed by atoms with van der Waals surface area (Å²) < 4.78 is 0. The molecule has 21 heavy (non-hydrogen) atoms. The number of halogens is 1. The minimum absolute atomic E-state index is 0.324. The summed E-state index contributed by atoms with van der Waals surface area (Å²) in [6.07, 6.45) is 1.94. The second-order valence-corrected chi connectivity index (χ2v) is 5.58. The molecule has 1 N–H and O–H groups in total. The molecule has 2 rings (SSSR count). The second-order valence-electron chi connectivity index (χ2n) is 5.18. The van der Waals surface area contributed by atoms with E-state index in [1.807, 2.05) is 37.5 Å². The van der Waals surface area contributed by atoms with Crippen LogP contribution in [0.2, 0.25) is 5.02 Å². The lowest BCUT2D eigenvalue weighted by Gasteiger charge is -2.20. The molecule has 0 fully saturated rings. The average Bonchev–Trinajstić information content (AvgIpc) is 2.50. The minimum Gasteiger partial charge on any atom is -0.355 e. The Kier molecular flexibility index (Phi) is 5.59. The standard InChI is InChI=1S/C17H22ClN3/c1-4-19-13(2)14-9-10-17(20-11-14)21(3)12-15-7-5-6-8-16(15)18/h5-11,13,19H,4,12H2,1-3H3. The lowest BCUT2D eigenvalue weighted by atomic mass is 10.1. The number of rotatable bonds is 6. The van der Waals surface area contributed by atoms with E-state index in [4.69, 9.17) is 11.6 Å².